The number of pyridine rings is 1. The van der Waals surface area contributed by atoms with Crippen LogP contribution in [0.5, 0.6) is 11.5 Å². The van der Waals surface area contributed by atoms with Crippen LogP contribution in [0.4, 0.5) is 0 Å². The zero-order chi connectivity index (χ0) is 23.7. The van der Waals surface area contributed by atoms with Gasteiger partial charge < -0.3 is 19.3 Å². The SMILES string of the molecule is CCC[C@H]1CCCC[C@H](CC(=O)c2nccc(OC)c2O)C(=O)O[C@@H](C)[C@@H]1OCC(C)C. The van der Waals surface area contributed by atoms with Gasteiger partial charge in [-0.05, 0) is 38.0 Å². The summed E-state index contributed by atoms with van der Waals surface area (Å²) in [5.74, 6) is -0.746. The molecule has 1 saturated heterocycles. The van der Waals surface area contributed by atoms with E-state index in [0.29, 0.717) is 24.9 Å². The Hall–Kier alpha value is -2.15. The van der Waals surface area contributed by atoms with E-state index in [1.807, 2.05) is 6.92 Å². The maximum absolute atomic E-state index is 13.0. The highest BCUT2D eigenvalue weighted by atomic mass is 16.6. The molecule has 0 saturated carbocycles. The molecule has 0 aliphatic carbocycles. The zero-order valence-corrected chi connectivity index (χ0v) is 20.1. The van der Waals surface area contributed by atoms with Crippen LogP contribution in [0.1, 0.15) is 83.1 Å². The van der Waals surface area contributed by atoms with E-state index < -0.39 is 17.8 Å². The minimum Gasteiger partial charge on any atom is -0.503 e. The van der Waals surface area contributed by atoms with Gasteiger partial charge in [0.2, 0.25) is 0 Å². The molecule has 1 aromatic heterocycles. The van der Waals surface area contributed by atoms with Crippen molar-refractivity contribution in [3.8, 4) is 11.5 Å². The number of carbonyl (C=O) groups is 2. The summed E-state index contributed by atoms with van der Waals surface area (Å²) in [6.45, 7) is 8.89. The van der Waals surface area contributed by atoms with Crippen molar-refractivity contribution in [2.24, 2.45) is 17.8 Å². The first-order valence-electron chi connectivity index (χ1n) is 11.9. The number of ether oxygens (including phenoxy) is 3. The molecular weight excluding hydrogens is 410 g/mol. The maximum Gasteiger partial charge on any atom is 0.309 e. The number of rotatable bonds is 9. The summed E-state index contributed by atoms with van der Waals surface area (Å²) >= 11 is 0. The Kier molecular flexibility index (Phi) is 10.4. The van der Waals surface area contributed by atoms with Crippen molar-refractivity contribution in [2.45, 2.75) is 84.8 Å². The number of aromatic nitrogens is 1. The van der Waals surface area contributed by atoms with Gasteiger partial charge in [0.25, 0.3) is 0 Å². The molecule has 2 heterocycles. The number of Topliss-reactive ketones (excluding diaryl/α,β-unsaturated/α-hetero) is 1. The molecule has 7 nitrogen and oxygen atoms in total. The molecule has 0 amide bonds. The van der Waals surface area contributed by atoms with E-state index in [4.69, 9.17) is 14.2 Å². The molecule has 1 aliphatic heterocycles. The predicted molar refractivity (Wildman–Crippen MR) is 122 cm³/mol. The second-order valence-corrected chi connectivity index (χ2v) is 9.20. The molecule has 0 bridgehead atoms. The minimum atomic E-state index is -0.578. The number of hydrogen-bond acceptors (Lipinski definition) is 7. The summed E-state index contributed by atoms with van der Waals surface area (Å²) in [5, 5.41) is 10.3. The van der Waals surface area contributed by atoms with Crippen molar-refractivity contribution in [3.63, 3.8) is 0 Å². The lowest BCUT2D eigenvalue weighted by Gasteiger charge is -2.34. The number of ketones is 1. The Balaban J connectivity index is 2.15. The topological polar surface area (TPSA) is 95.0 Å². The summed E-state index contributed by atoms with van der Waals surface area (Å²) in [6.07, 6.45) is 6.27. The fraction of sp³-hybridized carbons (Fsp3) is 0.720. The van der Waals surface area contributed by atoms with Crippen molar-refractivity contribution in [1.82, 2.24) is 4.98 Å². The van der Waals surface area contributed by atoms with Gasteiger partial charge >= 0.3 is 5.97 Å². The summed E-state index contributed by atoms with van der Waals surface area (Å²) in [7, 11) is 1.41. The second kappa shape index (κ2) is 12.8. The van der Waals surface area contributed by atoms with Crippen molar-refractivity contribution in [3.05, 3.63) is 18.0 Å². The van der Waals surface area contributed by atoms with Crippen LogP contribution in [0.3, 0.4) is 0 Å². The van der Waals surface area contributed by atoms with Crippen LogP contribution in [0.15, 0.2) is 12.3 Å². The van der Waals surface area contributed by atoms with Gasteiger partial charge in [-0.15, -0.1) is 0 Å². The zero-order valence-electron chi connectivity index (χ0n) is 20.1. The Labute approximate surface area is 191 Å². The van der Waals surface area contributed by atoms with Gasteiger partial charge in [0.05, 0.1) is 19.1 Å². The lowest BCUT2D eigenvalue weighted by atomic mass is 9.86. The normalized spacial score (nSPS) is 24.8. The number of nitrogens with zero attached hydrogens (tertiary/aromatic N) is 1. The third-order valence-electron chi connectivity index (χ3n) is 6.02. The highest BCUT2D eigenvalue weighted by Crippen LogP contribution is 2.32. The highest BCUT2D eigenvalue weighted by Gasteiger charge is 2.34. The molecule has 1 aromatic rings. The van der Waals surface area contributed by atoms with Gasteiger partial charge in [0.1, 0.15) is 6.10 Å². The first kappa shape index (κ1) is 26.1. The molecule has 4 atom stereocenters. The standard InChI is InChI=1S/C25H39NO6/c1-6-9-18-10-7-8-11-19(25(29)32-17(4)24(18)31-15-16(2)3)14-20(27)22-23(28)21(30-5)12-13-26-22/h12-13,16-19,24,28H,6-11,14-15H2,1-5H3/t17-,18-,19+,24-/m0/s1. The quantitative estimate of drug-likeness (QED) is 0.421. The molecule has 180 valence electrons. The third-order valence-corrected chi connectivity index (χ3v) is 6.02. The average Bonchev–Trinajstić information content (AvgIpc) is 2.74. The summed E-state index contributed by atoms with van der Waals surface area (Å²) in [6, 6.07) is 1.48. The van der Waals surface area contributed by atoms with Crippen LogP contribution in [0.25, 0.3) is 0 Å². The number of methoxy groups -OCH3 is 1. The number of esters is 1. The van der Waals surface area contributed by atoms with E-state index in [-0.39, 0.29) is 35.7 Å². The summed E-state index contributed by atoms with van der Waals surface area (Å²) in [4.78, 5) is 29.9. The first-order valence-corrected chi connectivity index (χ1v) is 11.9. The van der Waals surface area contributed by atoms with Crippen molar-refractivity contribution >= 4 is 11.8 Å². The average molecular weight is 450 g/mol. The Bertz CT molecular complexity index is 750. The van der Waals surface area contributed by atoms with Crippen LogP contribution in [0, 0.1) is 17.8 Å². The molecule has 7 heteroatoms. The molecule has 0 radical (unpaired) electrons. The molecule has 0 unspecified atom stereocenters. The molecule has 0 spiro atoms. The Morgan fingerprint density at radius 1 is 1.31 bits per heavy atom. The van der Waals surface area contributed by atoms with E-state index >= 15 is 0 Å². The van der Waals surface area contributed by atoms with E-state index in [1.54, 1.807) is 0 Å². The van der Waals surface area contributed by atoms with Crippen LogP contribution in [-0.2, 0) is 14.3 Å². The summed E-state index contributed by atoms with van der Waals surface area (Å²) < 4.78 is 17.1. The van der Waals surface area contributed by atoms with E-state index in [2.05, 4.69) is 25.8 Å². The van der Waals surface area contributed by atoms with Crippen molar-refractivity contribution in [1.29, 1.82) is 0 Å². The van der Waals surface area contributed by atoms with Crippen LogP contribution < -0.4 is 4.74 Å². The highest BCUT2D eigenvalue weighted by molar-refractivity contribution is 5.99. The van der Waals surface area contributed by atoms with Gasteiger partial charge in [0.15, 0.2) is 23.0 Å². The van der Waals surface area contributed by atoms with E-state index in [1.165, 1.54) is 19.4 Å². The van der Waals surface area contributed by atoms with Gasteiger partial charge in [-0.1, -0.05) is 40.0 Å². The first-order chi connectivity index (χ1) is 15.3. The lowest BCUT2D eigenvalue weighted by Crippen LogP contribution is -2.40. The molecule has 32 heavy (non-hydrogen) atoms. The van der Waals surface area contributed by atoms with Gasteiger partial charge in [-0.25, -0.2) is 4.98 Å². The molecule has 0 aromatic carbocycles. The van der Waals surface area contributed by atoms with E-state index in [0.717, 1.165) is 32.1 Å². The predicted octanol–water partition coefficient (Wildman–Crippen LogP) is 4.95. The van der Waals surface area contributed by atoms with Crippen LogP contribution >= 0.6 is 0 Å². The molecule has 1 N–H and O–H groups in total. The molecule has 1 aliphatic rings. The summed E-state index contributed by atoms with van der Waals surface area (Å²) in [5.41, 5.74) is -0.0801. The second-order valence-electron chi connectivity index (χ2n) is 9.20. The number of hydrogen-bond donors (Lipinski definition) is 1. The maximum atomic E-state index is 13.0. The van der Waals surface area contributed by atoms with Gasteiger partial charge in [-0.2, -0.15) is 0 Å². The fourth-order valence-electron chi connectivity index (χ4n) is 4.37. The lowest BCUT2D eigenvalue weighted by molar-refractivity contribution is -0.166. The van der Waals surface area contributed by atoms with Crippen LogP contribution in [-0.4, -0.2) is 47.8 Å². The van der Waals surface area contributed by atoms with Crippen molar-refractivity contribution < 1.29 is 28.9 Å². The number of cyclic esters (lactones) is 1. The smallest absolute Gasteiger partial charge is 0.309 e. The minimum absolute atomic E-state index is 0.0603. The Morgan fingerprint density at radius 3 is 2.69 bits per heavy atom. The van der Waals surface area contributed by atoms with Gasteiger partial charge in [0, 0.05) is 25.3 Å². The van der Waals surface area contributed by atoms with E-state index in [9.17, 15) is 14.7 Å². The molecule has 1 fully saturated rings. The molecular formula is C25H39NO6. The van der Waals surface area contributed by atoms with Crippen molar-refractivity contribution in [2.75, 3.05) is 13.7 Å². The van der Waals surface area contributed by atoms with Gasteiger partial charge in [-0.3, -0.25) is 9.59 Å². The largest absolute Gasteiger partial charge is 0.503 e. The monoisotopic (exact) mass is 449 g/mol. The third kappa shape index (κ3) is 7.19. The number of aromatic hydroxyl groups is 1. The Morgan fingerprint density at radius 2 is 2.03 bits per heavy atom. The fourth-order valence-corrected chi connectivity index (χ4v) is 4.37. The number of carbonyl (C=O) groups excluding carboxylic acids is 2. The molecule has 2 rings (SSSR count). The van der Waals surface area contributed by atoms with Crippen LogP contribution in [0.2, 0.25) is 0 Å².